The molecule has 2 aromatic rings. The molecule has 146 valence electrons. The molecular weight excluding hydrogens is 351 g/mol. The van der Waals surface area contributed by atoms with E-state index in [4.69, 9.17) is 5.11 Å². The number of aliphatic hydroxyl groups is 1. The largest absolute Gasteiger partial charge is 0.396 e. The third-order valence-corrected chi connectivity index (χ3v) is 4.81. The number of fused-ring (bicyclic) bond motifs is 1. The molecule has 0 atom stereocenters. The molecule has 0 saturated carbocycles. The fraction of sp³-hybridized carbons (Fsp3) is 0.474. The summed E-state index contributed by atoms with van der Waals surface area (Å²) in [6.45, 7) is 5.64. The predicted molar refractivity (Wildman–Crippen MR) is 103 cm³/mol. The van der Waals surface area contributed by atoms with Gasteiger partial charge < -0.3 is 25.2 Å². The topological polar surface area (TPSA) is 86.6 Å². The van der Waals surface area contributed by atoms with E-state index in [9.17, 15) is 14.0 Å². The molecule has 0 bridgehead atoms. The molecule has 3 rings (SSSR count). The molecule has 8 heteroatoms. The highest BCUT2D eigenvalue weighted by Crippen LogP contribution is 2.25. The van der Waals surface area contributed by atoms with Gasteiger partial charge in [0.2, 0.25) is 5.43 Å². The number of nitrogens with zero attached hydrogens (tertiary/aromatic N) is 2. The zero-order valence-corrected chi connectivity index (χ0v) is 15.4. The maximum Gasteiger partial charge on any atom is 0.256 e. The van der Waals surface area contributed by atoms with Gasteiger partial charge in [0, 0.05) is 57.5 Å². The molecule has 1 aliphatic heterocycles. The number of anilines is 1. The fourth-order valence-corrected chi connectivity index (χ4v) is 3.35. The lowest BCUT2D eigenvalue weighted by Crippen LogP contribution is -2.44. The van der Waals surface area contributed by atoms with Gasteiger partial charge in [0.1, 0.15) is 11.4 Å². The average Bonchev–Trinajstić information content (AvgIpc) is 2.69. The zero-order chi connectivity index (χ0) is 19.4. The molecular formula is C19H25FN4O3. The van der Waals surface area contributed by atoms with Crippen molar-refractivity contribution in [1.29, 1.82) is 0 Å². The molecule has 27 heavy (non-hydrogen) atoms. The predicted octanol–water partition coefficient (Wildman–Crippen LogP) is 0.682. The molecule has 1 saturated heterocycles. The molecule has 7 nitrogen and oxygen atoms in total. The summed E-state index contributed by atoms with van der Waals surface area (Å²) in [7, 11) is 0. The molecule has 1 fully saturated rings. The number of aryl methyl sites for hydroxylation is 1. The zero-order valence-electron chi connectivity index (χ0n) is 15.4. The SMILES string of the molecule is CCn1cc(C(=O)NCCCO)c(=O)c2cc(F)c(N3CCNCC3)cc21. The van der Waals surface area contributed by atoms with Crippen LogP contribution < -0.4 is 21.0 Å². The number of hydrogen-bond acceptors (Lipinski definition) is 5. The summed E-state index contributed by atoms with van der Waals surface area (Å²) in [4.78, 5) is 27.1. The number of benzene rings is 1. The van der Waals surface area contributed by atoms with E-state index in [1.807, 2.05) is 11.8 Å². The van der Waals surface area contributed by atoms with Gasteiger partial charge in [-0.15, -0.1) is 0 Å². The Balaban J connectivity index is 2.06. The number of aliphatic hydroxyl groups excluding tert-OH is 1. The van der Waals surface area contributed by atoms with Crippen LogP contribution in [0.2, 0.25) is 0 Å². The van der Waals surface area contributed by atoms with E-state index < -0.39 is 17.2 Å². The average molecular weight is 376 g/mol. The van der Waals surface area contributed by atoms with Crippen LogP contribution in [-0.2, 0) is 6.54 Å². The lowest BCUT2D eigenvalue weighted by molar-refractivity contribution is 0.0949. The van der Waals surface area contributed by atoms with Gasteiger partial charge in [-0.3, -0.25) is 9.59 Å². The van der Waals surface area contributed by atoms with Gasteiger partial charge in [-0.1, -0.05) is 0 Å². The Kier molecular flexibility index (Phi) is 6.08. The minimum Gasteiger partial charge on any atom is -0.396 e. The number of piperazine rings is 1. The summed E-state index contributed by atoms with van der Waals surface area (Å²) in [5, 5.41) is 14.9. The minimum absolute atomic E-state index is 0.0170. The summed E-state index contributed by atoms with van der Waals surface area (Å²) < 4.78 is 16.6. The van der Waals surface area contributed by atoms with Crippen molar-refractivity contribution in [2.75, 3.05) is 44.2 Å². The molecule has 1 amide bonds. The molecule has 1 aliphatic rings. The van der Waals surface area contributed by atoms with Crippen molar-refractivity contribution in [3.63, 3.8) is 0 Å². The monoisotopic (exact) mass is 376 g/mol. The molecule has 0 radical (unpaired) electrons. The number of carbonyl (C=O) groups is 1. The maximum absolute atomic E-state index is 14.8. The van der Waals surface area contributed by atoms with E-state index in [2.05, 4.69) is 10.6 Å². The first-order chi connectivity index (χ1) is 13.1. The van der Waals surface area contributed by atoms with Gasteiger partial charge in [-0.2, -0.15) is 0 Å². The normalized spacial score (nSPS) is 14.6. The van der Waals surface area contributed by atoms with Crippen LogP contribution in [0.15, 0.2) is 23.1 Å². The van der Waals surface area contributed by atoms with Crippen LogP contribution in [0, 0.1) is 5.82 Å². The van der Waals surface area contributed by atoms with Gasteiger partial charge in [-0.05, 0) is 25.5 Å². The van der Waals surface area contributed by atoms with Crippen molar-refractivity contribution in [1.82, 2.24) is 15.2 Å². The number of carbonyl (C=O) groups excluding carboxylic acids is 1. The van der Waals surface area contributed by atoms with Crippen LogP contribution in [0.3, 0.4) is 0 Å². The molecule has 3 N–H and O–H groups in total. The van der Waals surface area contributed by atoms with Crippen molar-refractivity contribution in [3.8, 4) is 0 Å². The van der Waals surface area contributed by atoms with Gasteiger partial charge in [0.25, 0.3) is 5.91 Å². The van der Waals surface area contributed by atoms with E-state index in [0.717, 1.165) is 13.1 Å². The second-order valence-corrected chi connectivity index (χ2v) is 6.55. The number of nitrogens with one attached hydrogen (secondary N) is 2. The first-order valence-electron chi connectivity index (χ1n) is 9.28. The Labute approximate surface area is 156 Å². The van der Waals surface area contributed by atoms with Gasteiger partial charge in [-0.25, -0.2) is 4.39 Å². The van der Waals surface area contributed by atoms with Gasteiger partial charge >= 0.3 is 0 Å². The molecule has 0 spiro atoms. The van der Waals surface area contributed by atoms with Crippen LogP contribution in [-0.4, -0.2) is 54.9 Å². The van der Waals surface area contributed by atoms with E-state index in [1.54, 1.807) is 10.6 Å². The summed E-state index contributed by atoms with van der Waals surface area (Å²) >= 11 is 0. The molecule has 0 unspecified atom stereocenters. The standard InChI is InChI=1S/C19H25FN4O3/c1-2-23-12-14(19(27)22-4-3-9-25)18(26)13-10-15(20)17(11-16(13)23)24-7-5-21-6-8-24/h10-12,21,25H,2-9H2,1H3,(H,22,27). The lowest BCUT2D eigenvalue weighted by atomic mass is 10.1. The van der Waals surface area contributed by atoms with Crippen LogP contribution in [0.4, 0.5) is 10.1 Å². The third kappa shape index (κ3) is 3.96. The highest BCUT2D eigenvalue weighted by Gasteiger charge is 2.20. The first kappa shape index (κ1) is 19.3. The van der Waals surface area contributed by atoms with E-state index >= 15 is 0 Å². The minimum atomic E-state index is -0.510. The fourth-order valence-electron chi connectivity index (χ4n) is 3.35. The van der Waals surface area contributed by atoms with Crippen LogP contribution in [0.25, 0.3) is 10.9 Å². The van der Waals surface area contributed by atoms with Crippen LogP contribution >= 0.6 is 0 Å². The summed E-state index contributed by atoms with van der Waals surface area (Å²) in [5.41, 5.74) is 0.591. The number of hydrogen-bond donors (Lipinski definition) is 3. The molecule has 2 heterocycles. The Hall–Kier alpha value is -2.45. The highest BCUT2D eigenvalue weighted by atomic mass is 19.1. The van der Waals surface area contributed by atoms with Crippen molar-refractivity contribution >= 4 is 22.5 Å². The summed E-state index contributed by atoms with van der Waals surface area (Å²) in [5.74, 6) is -0.967. The third-order valence-electron chi connectivity index (χ3n) is 4.81. The van der Waals surface area contributed by atoms with Crippen molar-refractivity contribution in [2.45, 2.75) is 19.9 Å². The summed E-state index contributed by atoms with van der Waals surface area (Å²) in [6.07, 6.45) is 1.93. The molecule has 1 aromatic carbocycles. The van der Waals surface area contributed by atoms with Crippen molar-refractivity contribution < 1.29 is 14.3 Å². The van der Waals surface area contributed by atoms with Crippen LogP contribution in [0.1, 0.15) is 23.7 Å². The van der Waals surface area contributed by atoms with Crippen molar-refractivity contribution in [3.05, 3.63) is 39.9 Å². The Morgan fingerprint density at radius 1 is 1.33 bits per heavy atom. The second-order valence-electron chi connectivity index (χ2n) is 6.55. The molecule has 1 aromatic heterocycles. The smallest absolute Gasteiger partial charge is 0.256 e. The Morgan fingerprint density at radius 3 is 2.74 bits per heavy atom. The number of halogens is 1. The highest BCUT2D eigenvalue weighted by molar-refractivity contribution is 5.97. The second kappa shape index (κ2) is 8.49. The Bertz CT molecular complexity index is 891. The summed E-state index contributed by atoms with van der Waals surface area (Å²) in [6, 6.07) is 2.94. The van der Waals surface area contributed by atoms with Crippen LogP contribution in [0.5, 0.6) is 0 Å². The van der Waals surface area contributed by atoms with Crippen molar-refractivity contribution in [2.24, 2.45) is 0 Å². The maximum atomic E-state index is 14.8. The number of rotatable bonds is 6. The number of amides is 1. The Morgan fingerprint density at radius 2 is 2.07 bits per heavy atom. The molecule has 0 aliphatic carbocycles. The van der Waals surface area contributed by atoms with E-state index in [-0.39, 0.29) is 24.1 Å². The van der Waals surface area contributed by atoms with Gasteiger partial charge in [0.05, 0.1) is 11.2 Å². The van der Waals surface area contributed by atoms with E-state index in [1.165, 1.54) is 12.3 Å². The first-order valence-corrected chi connectivity index (χ1v) is 9.28. The number of pyridine rings is 1. The van der Waals surface area contributed by atoms with E-state index in [0.29, 0.717) is 37.3 Å². The lowest BCUT2D eigenvalue weighted by Gasteiger charge is -2.30. The van der Waals surface area contributed by atoms with Gasteiger partial charge in [0.15, 0.2) is 0 Å². The quantitative estimate of drug-likeness (QED) is 0.646. The number of aromatic nitrogens is 1.